The monoisotopic (exact) mass is 327 g/mol. The highest BCUT2D eigenvalue weighted by molar-refractivity contribution is 7.93. The average Bonchev–Trinajstić information content (AvgIpc) is 3.10. The molecule has 7 nitrogen and oxygen atoms in total. The lowest BCUT2D eigenvalue weighted by Crippen LogP contribution is -2.15. The van der Waals surface area contributed by atoms with Crippen molar-refractivity contribution in [1.29, 1.82) is 0 Å². The average molecular weight is 327 g/mol. The maximum Gasteiger partial charge on any atom is 0.266 e. The van der Waals surface area contributed by atoms with Gasteiger partial charge in [0.15, 0.2) is 5.13 Å². The van der Waals surface area contributed by atoms with Crippen molar-refractivity contribution in [1.82, 2.24) is 20.1 Å². The molecule has 0 aromatic carbocycles. The van der Waals surface area contributed by atoms with Crippen molar-refractivity contribution in [2.45, 2.75) is 30.7 Å². The van der Waals surface area contributed by atoms with Gasteiger partial charge in [0.2, 0.25) is 0 Å². The van der Waals surface area contributed by atoms with Crippen molar-refractivity contribution >= 4 is 26.5 Å². The number of aryl methyl sites for hydroxylation is 2. The molecule has 1 aliphatic carbocycles. The van der Waals surface area contributed by atoms with E-state index in [0.29, 0.717) is 11.7 Å². The third-order valence-corrected chi connectivity index (χ3v) is 5.82. The number of hydrogen-bond acceptors (Lipinski definition) is 6. The summed E-state index contributed by atoms with van der Waals surface area (Å²) >= 11 is 1.43. The second-order valence-electron chi connectivity index (χ2n) is 4.89. The number of hydrogen-bond donors (Lipinski definition) is 2. The topological polar surface area (TPSA) is 88.9 Å². The van der Waals surface area contributed by atoms with Crippen LogP contribution in [0, 0.1) is 0 Å². The van der Waals surface area contributed by atoms with Crippen LogP contribution in [-0.4, -0.2) is 36.8 Å². The van der Waals surface area contributed by atoms with E-state index >= 15 is 0 Å². The van der Waals surface area contributed by atoms with Gasteiger partial charge in [-0.25, -0.2) is 13.4 Å². The number of anilines is 1. The minimum absolute atomic E-state index is 0.161. The molecule has 0 radical (unpaired) electrons. The van der Waals surface area contributed by atoms with Gasteiger partial charge in [-0.2, -0.15) is 5.10 Å². The van der Waals surface area contributed by atoms with Crippen LogP contribution in [0.5, 0.6) is 0 Å². The molecule has 0 aliphatic heterocycles. The summed E-state index contributed by atoms with van der Waals surface area (Å²) in [5.74, 6) is 0. The molecule has 0 amide bonds. The van der Waals surface area contributed by atoms with E-state index in [0.717, 1.165) is 31.5 Å². The molecule has 3 rings (SSSR count). The lowest BCUT2D eigenvalue weighted by molar-refractivity contribution is 0.582. The minimum atomic E-state index is -3.61. The standard InChI is InChI=1S/C12H17N5O2S2/c1-13-5-6-17-8-9(7-14-17)21(18,19)16-12-15-10-3-2-4-11(10)20-12/h7-8,13H,2-6H2,1H3,(H,15,16). The van der Waals surface area contributed by atoms with Gasteiger partial charge in [-0.3, -0.25) is 9.40 Å². The molecule has 114 valence electrons. The van der Waals surface area contributed by atoms with Crippen LogP contribution in [-0.2, 0) is 29.4 Å². The van der Waals surface area contributed by atoms with E-state index in [4.69, 9.17) is 0 Å². The summed E-state index contributed by atoms with van der Waals surface area (Å²) in [6.07, 6.45) is 5.94. The fourth-order valence-corrected chi connectivity index (χ4v) is 4.48. The zero-order valence-electron chi connectivity index (χ0n) is 11.7. The third-order valence-electron chi connectivity index (χ3n) is 3.33. The second-order valence-corrected chi connectivity index (χ2v) is 7.66. The van der Waals surface area contributed by atoms with Gasteiger partial charge < -0.3 is 5.32 Å². The summed E-state index contributed by atoms with van der Waals surface area (Å²) < 4.78 is 28.8. The number of likely N-dealkylation sites (N-methyl/N-ethyl adjacent to an activating group) is 1. The van der Waals surface area contributed by atoms with Crippen molar-refractivity contribution in [3.63, 3.8) is 0 Å². The highest BCUT2D eigenvalue weighted by Crippen LogP contribution is 2.31. The number of nitrogens with one attached hydrogen (secondary N) is 2. The maximum absolute atomic E-state index is 12.3. The van der Waals surface area contributed by atoms with Crippen LogP contribution in [0.15, 0.2) is 17.3 Å². The molecular formula is C12H17N5O2S2. The lowest BCUT2D eigenvalue weighted by Gasteiger charge is -2.02. The highest BCUT2D eigenvalue weighted by atomic mass is 32.2. The molecule has 0 atom stereocenters. The Hall–Kier alpha value is -1.45. The molecule has 1 aliphatic rings. The predicted molar refractivity (Wildman–Crippen MR) is 81.1 cm³/mol. The van der Waals surface area contributed by atoms with Crippen molar-refractivity contribution < 1.29 is 8.42 Å². The van der Waals surface area contributed by atoms with E-state index in [1.54, 1.807) is 4.68 Å². The first-order chi connectivity index (χ1) is 10.1. The Bertz CT molecular complexity index is 713. The molecule has 0 unspecified atom stereocenters. The van der Waals surface area contributed by atoms with Gasteiger partial charge in [0.1, 0.15) is 4.90 Å². The van der Waals surface area contributed by atoms with Gasteiger partial charge >= 0.3 is 0 Å². The Labute approximate surface area is 127 Å². The van der Waals surface area contributed by atoms with E-state index in [2.05, 4.69) is 20.1 Å². The molecule has 0 saturated heterocycles. The smallest absolute Gasteiger partial charge is 0.266 e. The molecule has 0 spiro atoms. The van der Waals surface area contributed by atoms with Gasteiger partial charge in [0.25, 0.3) is 10.0 Å². The molecule has 2 aromatic rings. The van der Waals surface area contributed by atoms with E-state index < -0.39 is 10.0 Å². The fraction of sp³-hybridized carbons (Fsp3) is 0.500. The minimum Gasteiger partial charge on any atom is -0.318 e. The fourth-order valence-electron chi connectivity index (χ4n) is 2.24. The van der Waals surface area contributed by atoms with E-state index in [1.165, 1.54) is 28.6 Å². The zero-order chi connectivity index (χ0) is 14.9. The SMILES string of the molecule is CNCCn1cc(S(=O)(=O)Nc2nc3c(s2)CCC3)cn1. The molecule has 2 heterocycles. The molecule has 9 heteroatoms. The Balaban J connectivity index is 1.75. The van der Waals surface area contributed by atoms with Crippen LogP contribution in [0.3, 0.4) is 0 Å². The molecular weight excluding hydrogens is 310 g/mol. The van der Waals surface area contributed by atoms with Crippen molar-refractivity contribution in [3.8, 4) is 0 Å². The Morgan fingerprint density at radius 3 is 3.05 bits per heavy atom. The van der Waals surface area contributed by atoms with Gasteiger partial charge in [-0.1, -0.05) is 0 Å². The molecule has 21 heavy (non-hydrogen) atoms. The Morgan fingerprint density at radius 2 is 2.29 bits per heavy atom. The lowest BCUT2D eigenvalue weighted by atomic mass is 10.4. The van der Waals surface area contributed by atoms with Crippen LogP contribution in [0.1, 0.15) is 17.0 Å². The van der Waals surface area contributed by atoms with Crippen LogP contribution >= 0.6 is 11.3 Å². The predicted octanol–water partition coefficient (Wildman–Crippen LogP) is 0.848. The molecule has 0 bridgehead atoms. The maximum atomic E-state index is 12.3. The summed E-state index contributed by atoms with van der Waals surface area (Å²) in [4.78, 5) is 5.70. The molecule has 0 saturated carbocycles. The van der Waals surface area contributed by atoms with Crippen LogP contribution in [0.4, 0.5) is 5.13 Å². The zero-order valence-corrected chi connectivity index (χ0v) is 13.3. The molecule has 0 fully saturated rings. The number of fused-ring (bicyclic) bond motifs is 1. The van der Waals surface area contributed by atoms with Crippen LogP contribution in [0.2, 0.25) is 0 Å². The second kappa shape index (κ2) is 5.74. The number of thiazole rings is 1. The van der Waals surface area contributed by atoms with Crippen molar-refractivity contribution in [2.24, 2.45) is 0 Å². The van der Waals surface area contributed by atoms with Crippen molar-refractivity contribution in [2.75, 3.05) is 18.3 Å². The normalized spacial score (nSPS) is 14.3. The number of nitrogens with zero attached hydrogens (tertiary/aromatic N) is 3. The highest BCUT2D eigenvalue weighted by Gasteiger charge is 2.22. The first kappa shape index (κ1) is 14.5. The summed E-state index contributed by atoms with van der Waals surface area (Å²) in [6.45, 7) is 1.35. The number of aromatic nitrogens is 3. The Kier molecular flexibility index (Phi) is 3.96. The quantitative estimate of drug-likeness (QED) is 0.821. The van der Waals surface area contributed by atoms with Gasteiger partial charge in [-0.05, 0) is 26.3 Å². The van der Waals surface area contributed by atoms with Gasteiger partial charge in [0.05, 0.1) is 18.4 Å². The van der Waals surface area contributed by atoms with E-state index in [9.17, 15) is 8.42 Å². The summed E-state index contributed by atoms with van der Waals surface area (Å²) in [7, 11) is -1.77. The summed E-state index contributed by atoms with van der Waals surface area (Å²) in [5.41, 5.74) is 1.03. The first-order valence-corrected chi connectivity index (χ1v) is 9.07. The number of rotatable bonds is 6. The summed E-state index contributed by atoms with van der Waals surface area (Å²) in [5, 5.41) is 7.49. The summed E-state index contributed by atoms with van der Waals surface area (Å²) in [6, 6.07) is 0. The van der Waals surface area contributed by atoms with Gasteiger partial charge in [-0.15, -0.1) is 11.3 Å². The third kappa shape index (κ3) is 3.09. The van der Waals surface area contributed by atoms with Gasteiger partial charge in [0, 0.05) is 17.6 Å². The van der Waals surface area contributed by atoms with E-state index in [1.807, 2.05) is 7.05 Å². The number of sulfonamides is 1. The Morgan fingerprint density at radius 1 is 1.43 bits per heavy atom. The van der Waals surface area contributed by atoms with Crippen molar-refractivity contribution in [3.05, 3.63) is 23.0 Å². The van der Waals surface area contributed by atoms with Crippen LogP contribution < -0.4 is 10.0 Å². The van der Waals surface area contributed by atoms with E-state index in [-0.39, 0.29) is 4.90 Å². The largest absolute Gasteiger partial charge is 0.318 e. The van der Waals surface area contributed by atoms with Crippen LogP contribution in [0.25, 0.3) is 0 Å². The molecule has 2 aromatic heterocycles. The first-order valence-electron chi connectivity index (χ1n) is 6.77. The molecule has 2 N–H and O–H groups in total.